The molecular formula is C9H17F3O3Si. The van der Waals surface area contributed by atoms with Crippen molar-refractivity contribution >= 4 is 14.3 Å². The third-order valence-corrected chi connectivity index (χ3v) is 2.54. The van der Waals surface area contributed by atoms with Crippen molar-refractivity contribution < 1.29 is 27.1 Å². The van der Waals surface area contributed by atoms with E-state index in [9.17, 15) is 18.0 Å². The van der Waals surface area contributed by atoms with E-state index in [-0.39, 0.29) is 0 Å². The molecule has 16 heavy (non-hydrogen) atoms. The highest BCUT2D eigenvalue weighted by Gasteiger charge is 2.38. The lowest BCUT2D eigenvalue weighted by molar-refractivity contribution is -0.195. The van der Waals surface area contributed by atoms with E-state index in [1.165, 1.54) is 13.8 Å². The van der Waals surface area contributed by atoms with Gasteiger partial charge < -0.3 is 9.16 Å². The molecule has 0 unspecified atom stereocenters. The van der Waals surface area contributed by atoms with E-state index in [1.807, 2.05) is 19.6 Å². The number of hydrogen-bond donors (Lipinski definition) is 0. The number of alkyl halides is 3. The quantitative estimate of drug-likeness (QED) is 0.574. The van der Waals surface area contributed by atoms with E-state index >= 15 is 0 Å². The molecule has 0 rings (SSSR count). The first-order chi connectivity index (χ1) is 6.83. The van der Waals surface area contributed by atoms with Crippen molar-refractivity contribution in [2.24, 2.45) is 0 Å². The van der Waals surface area contributed by atoms with Crippen LogP contribution in [0.15, 0.2) is 0 Å². The predicted molar refractivity (Wildman–Crippen MR) is 55.5 cm³/mol. The lowest BCUT2D eigenvalue weighted by Gasteiger charge is -2.30. The Hall–Kier alpha value is -0.563. The molecule has 0 aliphatic carbocycles. The van der Waals surface area contributed by atoms with E-state index in [2.05, 4.69) is 4.74 Å². The summed E-state index contributed by atoms with van der Waals surface area (Å²) >= 11 is 0. The van der Waals surface area contributed by atoms with Crippen LogP contribution in [0.1, 0.15) is 13.8 Å². The summed E-state index contributed by atoms with van der Waals surface area (Å²) in [4.78, 5) is 11.4. The first-order valence-corrected chi connectivity index (χ1v) is 8.18. The van der Waals surface area contributed by atoms with Gasteiger partial charge in [0.25, 0.3) is 0 Å². The first kappa shape index (κ1) is 15.4. The minimum Gasteiger partial charge on any atom is -0.454 e. The fourth-order valence-corrected chi connectivity index (χ4v) is 2.74. The normalized spacial score (nSPS) is 13.8. The second-order valence-corrected chi connectivity index (χ2v) is 9.34. The largest absolute Gasteiger partial charge is 0.454 e. The third kappa shape index (κ3) is 6.84. The molecule has 0 atom stereocenters. The van der Waals surface area contributed by atoms with Crippen LogP contribution in [0.3, 0.4) is 0 Å². The predicted octanol–water partition coefficient (Wildman–Crippen LogP) is 2.72. The SMILES string of the molecule is CC(C)(O[Si](C)(C)C)C(=O)OCC(F)(F)F. The van der Waals surface area contributed by atoms with Crippen molar-refractivity contribution in [2.75, 3.05) is 6.61 Å². The molecule has 0 spiro atoms. The van der Waals surface area contributed by atoms with Crippen molar-refractivity contribution in [3.05, 3.63) is 0 Å². The fourth-order valence-electron chi connectivity index (χ4n) is 1.13. The molecule has 0 saturated carbocycles. The number of carbonyl (C=O) groups is 1. The lowest BCUT2D eigenvalue weighted by Crippen LogP contribution is -2.45. The van der Waals surface area contributed by atoms with Gasteiger partial charge in [-0.2, -0.15) is 13.2 Å². The number of carbonyl (C=O) groups excluding carboxylic acids is 1. The van der Waals surface area contributed by atoms with E-state index in [1.54, 1.807) is 0 Å². The molecule has 0 aromatic rings. The highest BCUT2D eigenvalue weighted by atomic mass is 28.4. The molecule has 0 N–H and O–H groups in total. The smallest absolute Gasteiger partial charge is 0.422 e. The van der Waals surface area contributed by atoms with E-state index in [4.69, 9.17) is 4.43 Å². The van der Waals surface area contributed by atoms with Gasteiger partial charge in [-0.15, -0.1) is 0 Å². The maximum Gasteiger partial charge on any atom is 0.422 e. The fraction of sp³-hybridized carbons (Fsp3) is 0.889. The topological polar surface area (TPSA) is 35.5 Å². The molecule has 0 heterocycles. The van der Waals surface area contributed by atoms with Crippen molar-refractivity contribution in [3.63, 3.8) is 0 Å². The molecule has 7 heteroatoms. The zero-order chi connectivity index (χ0) is 13.2. The Bertz CT molecular complexity index is 256. The molecule has 0 amide bonds. The van der Waals surface area contributed by atoms with Gasteiger partial charge >= 0.3 is 12.1 Å². The minimum atomic E-state index is -4.51. The summed E-state index contributed by atoms with van der Waals surface area (Å²) in [5, 5.41) is 0. The van der Waals surface area contributed by atoms with Gasteiger partial charge in [0.05, 0.1) is 0 Å². The van der Waals surface area contributed by atoms with E-state index < -0.39 is 32.7 Å². The molecular weight excluding hydrogens is 241 g/mol. The second-order valence-electron chi connectivity index (χ2n) is 4.92. The van der Waals surface area contributed by atoms with Gasteiger partial charge in [-0.25, -0.2) is 4.79 Å². The summed E-state index contributed by atoms with van der Waals surface area (Å²) in [5.74, 6) is -0.993. The highest BCUT2D eigenvalue weighted by molar-refractivity contribution is 6.70. The molecule has 0 bridgehead atoms. The maximum atomic E-state index is 11.8. The molecule has 0 radical (unpaired) electrons. The van der Waals surface area contributed by atoms with Gasteiger partial charge in [0.1, 0.15) is 5.60 Å². The summed E-state index contributed by atoms with van der Waals surface area (Å²) in [5.41, 5.74) is -1.34. The number of halogens is 3. The Morgan fingerprint density at radius 1 is 1.19 bits per heavy atom. The van der Waals surface area contributed by atoms with Crippen LogP contribution in [-0.4, -0.2) is 32.7 Å². The third-order valence-electron chi connectivity index (χ3n) is 1.42. The van der Waals surface area contributed by atoms with Crippen molar-refractivity contribution in [2.45, 2.75) is 45.3 Å². The molecule has 0 aromatic carbocycles. The van der Waals surface area contributed by atoms with Gasteiger partial charge in [-0.1, -0.05) is 0 Å². The monoisotopic (exact) mass is 258 g/mol. The second kappa shape index (κ2) is 4.75. The molecule has 0 fully saturated rings. The highest BCUT2D eigenvalue weighted by Crippen LogP contribution is 2.21. The number of esters is 1. The Kier molecular flexibility index (Phi) is 4.58. The molecule has 0 aromatic heterocycles. The number of ether oxygens (including phenoxy) is 1. The van der Waals surface area contributed by atoms with Gasteiger partial charge in [0.15, 0.2) is 14.9 Å². The van der Waals surface area contributed by atoms with Crippen LogP contribution in [0.4, 0.5) is 13.2 Å². The van der Waals surface area contributed by atoms with Gasteiger partial charge in [0.2, 0.25) is 0 Å². The van der Waals surface area contributed by atoms with E-state index in [0.717, 1.165) is 0 Å². The average Bonchev–Trinajstić information content (AvgIpc) is 1.93. The van der Waals surface area contributed by atoms with Crippen LogP contribution in [0.25, 0.3) is 0 Å². The summed E-state index contributed by atoms with van der Waals surface area (Å²) in [6.45, 7) is 6.75. The summed E-state index contributed by atoms with van der Waals surface area (Å²) < 4.78 is 45.1. The Morgan fingerprint density at radius 2 is 1.62 bits per heavy atom. The van der Waals surface area contributed by atoms with Crippen LogP contribution >= 0.6 is 0 Å². The van der Waals surface area contributed by atoms with Crippen molar-refractivity contribution in [1.82, 2.24) is 0 Å². The van der Waals surface area contributed by atoms with Crippen molar-refractivity contribution in [3.8, 4) is 0 Å². The molecule has 0 saturated heterocycles. The van der Waals surface area contributed by atoms with Gasteiger partial charge in [0, 0.05) is 0 Å². The van der Waals surface area contributed by atoms with Crippen LogP contribution < -0.4 is 0 Å². The summed E-state index contributed by atoms with van der Waals surface area (Å²) in [7, 11) is -2.01. The van der Waals surface area contributed by atoms with E-state index in [0.29, 0.717) is 0 Å². The first-order valence-electron chi connectivity index (χ1n) is 4.78. The van der Waals surface area contributed by atoms with Crippen LogP contribution in [0, 0.1) is 0 Å². The molecule has 0 aliphatic rings. The Labute approximate surface area is 94.0 Å². The van der Waals surface area contributed by atoms with Gasteiger partial charge in [-0.3, -0.25) is 0 Å². The van der Waals surface area contributed by atoms with Gasteiger partial charge in [-0.05, 0) is 33.5 Å². The lowest BCUT2D eigenvalue weighted by atomic mass is 10.1. The molecule has 3 nitrogen and oxygen atoms in total. The number of rotatable bonds is 4. The maximum absolute atomic E-state index is 11.8. The minimum absolute atomic E-state index is 0.993. The van der Waals surface area contributed by atoms with Crippen LogP contribution in [0.5, 0.6) is 0 Å². The standard InChI is InChI=1S/C9H17F3O3Si/c1-8(2,15-16(3,4)5)7(13)14-6-9(10,11)12/h6H2,1-5H3. The summed E-state index contributed by atoms with van der Waals surface area (Å²) in [6, 6.07) is 0. The molecule has 0 aliphatic heterocycles. The zero-order valence-electron chi connectivity index (χ0n) is 10.1. The summed E-state index contributed by atoms with van der Waals surface area (Å²) in [6.07, 6.45) is -4.51. The Morgan fingerprint density at radius 3 is 1.94 bits per heavy atom. The average molecular weight is 258 g/mol. The van der Waals surface area contributed by atoms with Crippen molar-refractivity contribution in [1.29, 1.82) is 0 Å². The molecule has 96 valence electrons. The van der Waals surface area contributed by atoms with Crippen LogP contribution in [-0.2, 0) is 14.0 Å². The van der Waals surface area contributed by atoms with Crippen LogP contribution in [0.2, 0.25) is 19.6 Å². The Balaban J connectivity index is 4.37. The number of hydrogen-bond acceptors (Lipinski definition) is 3. The zero-order valence-corrected chi connectivity index (χ0v) is 11.1.